The zero-order chi connectivity index (χ0) is 26.3. The highest BCUT2D eigenvalue weighted by Crippen LogP contribution is 2.38. The van der Waals surface area contributed by atoms with Crippen molar-refractivity contribution in [2.75, 3.05) is 13.1 Å². The molecule has 188 valence electrons. The Balaban J connectivity index is 1.69. The topological polar surface area (TPSA) is 87.6 Å². The van der Waals surface area contributed by atoms with Crippen LogP contribution in [0.4, 0.5) is 0 Å². The molecule has 4 rings (SSSR count). The number of hydrogen-bond acceptors (Lipinski definition) is 5. The van der Waals surface area contributed by atoms with Gasteiger partial charge in [-0.25, -0.2) is 4.98 Å². The summed E-state index contributed by atoms with van der Waals surface area (Å²) in [7, 11) is 0. The number of aromatic nitrogens is 1. The molecule has 0 bridgehead atoms. The van der Waals surface area contributed by atoms with E-state index in [1.165, 1.54) is 6.07 Å². The Labute approximate surface area is 212 Å². The van der Waals surface area contributed by atoms with E-state index in [0.717, 1.165) is 10.9 Å². The average Bonchev–Trinajstić information content (AvgIpc) is 3.06. The zero-order valence-corrected chi connectivity index (χ0v) is 21.8. The highest BCUT2D eigenvalue weighted by atomic mass is 16.3. The smallest absolute Gasteiger partial charge is 0.253 e. The van der Waals surface area contributed by atoms with Crippen LogP contribution in [0.5, 0.6) is 5.75 Å². The van der Waals surface area contributed by atoms with Crippen molar-refractivity contribution >= 4 is 28.4 Å². The zero-order valence-electron chi connectivity index (χ0n) is 21.8. The van der Waals surface area contributed by atoms with E-state index in [9.17, 15) is 19.5 Å². The van der Waals surface area contributed by atoms with E-state index in [-0.39, 0.29) is 28.5 Å². The second-order valence-corrected chi connectivity index (χ2v) is 10.9. The molecule has 6 heteroatoms. The molecule has 3 aromatic rings. The Bertz CT molecular complexity index is 1350. The number of fused-ring (bicyclic) bond motifs is 2. The Hall–Kier alpha value is -3.54. The Kier molecular flexibility index (Phi) is 6.98. The molecule has 0 radical (unpaired) electrons. The van der Waals surface area contributed by atoms with Gasteiger partial charge in [-0.05, 0) is 59.7 Å². The molecule has 0 fully saturated rings. The molecule has 0 aliphatic heterocycles. The number of carbonyl (C=O) groups is 3. The number of rotatable bonds is 7. The minimum atomic E-state index is -1.22. The normalized spacial score (nSPS) is 15.4. The Morgan fingerprint density at radius 2 is 1.53 bits per heavy atom. The molecule has 0 saturated carbocycles. The van der Waals surface area contributed by atoms with Crippen LogP contribution in [0, 0.1) is 11.8 Å². The fraction of sp³-hybridized carbons (Fsp3) is 0.400. The Morgan fingerprint density at radius 3 is 2.14 bits per heavy atom. The summed E-state index contributed by atoms with van der Waals surface area (Å²) < 4.78 is 0. The van der Waals surface area contributed by atoms with Gasteiger partial charge in [0, 0.05) is 35.2 Å². The summed E-state index contributed by atoms with van der Waals surface area (Å²) in [4.78, 5) is 46.4. The number of aromatic hydroxyl groups is 1. The van der Waals surface area contributed by atoms with Gasteiger partial charge in [-0.3, -0.25) is 14.4 Å². The third-order valence-corrected chi connectivity index (χ3v) is 6.57. The largest absolute Gasteiger partial charge is 0.506 e. The second-order valence-electron chi connectivity index (χ2n) is 10.9. The van der Waals surface area contributed by atoms with Crippen LogP contribution in [0.3, 0.4) is 0 Å². The molecule has 1 aliphatic rings. The molecule has 1 amide bonds. The van der Waals surface area contributed by atoms with Crippen LogP contribution in [0.1, 0.15) is 95.7 Å². The maximum atomic E-state index is 13.4. The van der Waals surface area contributed by atoms with Crippen molar-refractivity contribution in [2.24, 2.45) is 11.8 Å². The molecule has 1 aromatic heterocycles. The minimum absolute atomic E-state index is 0.0557. The van der Waals surface area contributed by atoms with Crippen molar-refractivity contribution in [3.63, 3.8) is 0 Å². The summed E-state index contributed by atoms with van der Waals surface area (Å²) in [5.41, 5.74) is 2.63. The molecular weight excluding hydrogens is 452 g/mol. The van der Waals surface area contributed by atoms with Crippen molar-refractivity contribution < 1.29 is 19.5 Å². The van der Waals surface area contributed by atoms with Gasteiger partial charge in [-0.1, -0.05) is 47.6 Å². The molecule has 2 aromatic carbocycles. The molecule has 1 N–H and O–H groups in total. The summed E-state index contributed by atoms with van der Waals surface area (Å²) in [5.74, 6) is -1.49. The van der Waals surface area contributed by atoms with E-state index < -0.39 is 17.5 Å². The third-order valence-electron chi connectivity index (χ3n) is 6.57. The molecular formula is C30H34N2O4. The summed E-state index contributed by atoms with van der Waals surface area (Å²) in [5, 5.41) is 11.5. The van der Waals surface area contributed by atoms with Gasteiger partial charge in [0.15, 0.2) is 11.6 Å². The Morgan fingerprint density at radius 1 is 0.889 bits per heavy atom. The van der Waals surface area contributed by atoms with Gasteiger partial charge < -0.3 is 10.0 Å². The summed E-state index contributed by atoms with van der Waals surface area (Å²) in [6.45, 7) is 13.6. The van der Waals surface area contributed by atoms with Gasteiger partial charge in [-0.2, -0.15) is 0 Å². The highest BCUT2D eigenvalue weighted by Gasteiger charge is 2.42. The maximum Gasteiger partial charge on any atom is 0.253 e. The lowest BCUT2D eigenvalue weighted by atomic mass is 9.96. The van der Waals surface area contributed by atoms with Gasteiger partial charge in [-0.15, -0.1) is 0 Å². The number of carbonyl (C=O) groups excluding carboxylic acids is 3. The van der Waals surface area contributed by atoms with Gasteiger partial charge in [0.25, 0.3) is 5.91 Å². The van der Waals surface area contributed by atoms with E-state index in [2.05, 4.69) is 46.5 Å². The fourth-order valence-corrected chi connectivity index (χ4v) is 4.85. The highest BCUT2D eigenvalue weighted by molar-refractivity contribution is 6.30. The van der Waals surface area contributed by atoms with Crippen molar-refractivity contribution in [1.29, 1.82) is 0 Å². The molecule has 6 nitrogen and oxygen atoms in total. The predicted octanol–water partition coefficient (Wildman–Crippen LogP) is 5.98. The first-order valence-corrected chi connectivity index (χ1v) is 12.6. The first kappa shape index (κ1) is 25.5. The monoisotopic (exact) mass is 486 g/mol. The lowest BCUT2D eigenvalue weighted by Crippen LogP contribution is -2.37. The van der Waals surface area contributed by atoms with Crippen LogP contribution in [-0.4, -0.2) is 45.6 Å². The maximum absolute atomic E-state index is 13.4. The molecule has 1 atom stereocenters. The van der Waals surface area contributed by atoms with Crippen molar-refractivity contribution in [3.8, 4) is 5.75 Å². The van der Waals surface area contributed by atoms with Crippen LogP contribution in [0.2, 0.25) is 0 Å². The van der Waals surface area contributed by atoms with Crippen LogP contribution >= 0.6 is 0 Å². The van der Waals surface area contributed by atoms with E-state index in [0.29, 0.717) is 41.9 Å². The minimum Gasteiger partial charge on any atom is -0.506 e. The SMILES string of the molecule is CC(C)CN(CC(C)C)C(=O)c1ccc2c(c1)C(=O)[C@H](c1nc3ccc(C(C)C)cc3cc1O)C2=O. The van der Waals surface area contributed by atoms with Crippen molar-refractivity contribution in [2.45, 2.75) is 53.4 Å². The summed E-state index contributed by atoms with van der Waals surface area (Å²) >= 11 is 0. The van der Waals surface area contributed by atoms with Gasteiger partial charge in [0.2, 0.25) is 0 Å². The van der Waals surface area contributed by atoms with E-state index in [1.807, 2.05) is 18.2 Å². The second kappa shape index (κ2) is 9.84. The molecule has 1 heterocycles. The summed E-state index contributed by atoms with van der Waals surface area (Å²) in [6, 6.07) is 12.0. The van der Waals surface area contributed by atoms with Crippen LogP contribution < -0.4 is 0 Å². The molecule has 36 heavy (non-hydrogen) atoms. The molecule has 1 aliphatic carbocycles. The number of ketones is 2. The van der Waals surface area contributed by atoms with E-state index in [4.69, 9.17) is 0 Å². The van der Waals surface area contributed by atoms with Gasteiger partial charge in [0.1, 0.15) is 17.4 Å². The fourth-order valence-electron chi connectivity index (χ4n) is 4.85. The quantitative estimate of drug-likeness (QED) is 0.415. The number of amides is 1. The number of pyridine rings is 1. The van der Waals surface area contributed by atoms with Crippen LogP contribution in [0.25, 0.3) is 10.9 Å². The van der Waals surface area contributed by atoms with E-state index in [1.54, 1.807) is 23.1 Å². The molecule has 0 spiro atoms. The lowest BCUT2D eigenvalue weighted by Gasteiger charge is -2.26. The number of nitrogens with zero attached hydrogens (tertiary/aromatic N) is 2. The van der Waals surface area contributed by atoms with Crippen molar-refractivity contribution in [3.05, 3.63) is 70.4 Å². The predicted molar refractivity (Wildman–Crippen MR) is 141 cm³/mol. The first-order valence-electron chi connectivity index (χ1n) is 12.6. The van der Waals surface area contributed by atoms with Crippen LogP contribution in [0.15, 0.2) is 42.5 Å². The summed E-state index contributed by atoms with van der Waals surface area (Å²) in [6.07, 6.45) is 0. The number of hydrogen-bond donors (Lipinski definition) is 1. The average molecular weight is 487 g/mol. The first-order chi connectivity index (χ1) is 17.0. The van der Waals surface area contributed by atoms with E-state index >= 15 is 0 Å². The number of Topliss-reactive ketones (excluding diaryl/α,β-unsaturated/α-hetero) is 2. The van der Waals surface area contributed by atoms with Crippen LogP contribution in [-0.2, 0) is 0 Å². The molecule has 0 saturated heterocycles. The third kappa shape index (κ3) is 4.77. The van der Waals surface area contributed by atoms with Gasteiger partial charge in [0.05, 0.1) is 5.52 Å². The standard InChI is InChI=1S/C30H34N2O4/c1-16(2)14-32(15-17(3)4)30(36)20-7-9-22-23(12-20)29(35)26(28(22)34)27-25(33)13-21-11-19(18(5)6)8-10-24(21)31-27/h7-13,16-18,26,33H,14-15H2,1-6H3/t26-/m1/s1. The molecule has 0 unspecified atom stereocenters. The number of benzene rings is 2. The van der Waals surface area contributed by atoms with Crippen molar-refractivity contribution in [1.82, 2.24) is 9.88 Å². The lowest BCUT2D eigenvalue weighted by molar-refractivity contribution is 0.0714. The van der Waals surface area contributed by atoms with Gasteiger partial charge >= 0.3 is 0 Å².